The van der Waals surface area contributed by atoms with E-state index in [9.17, 15) is 15.0 Å². The Kier molecular flexibility index (Phi) is 18.5. The molecule has 0 amide bonds. The molecule has 0 aromatic rings. The van der Waals surface area contributed by atoms with E-state index in [1.165, 1.54) is 83.5 Å². The Morgan fingerprint density at radius 3 is 1.49 bits per heavy atom. The van der Waals surface area contributed by atoms with E-state index >= 15 is 0 Å². The van der Waals surface area contributed by atoms with Gasteiger partial charge in [-0.1, -0.05) is 116 Å². The summed E-state index contributed by atoms with van der Waals surface area (Å²) in [6.45, 7) is 4.18. The van der Waals surface area contributed by atoms with Gasteiger partial charge in [-0.15, -0.1) is 0 Å². The summed E-state index contributed by atoms with van der Waals surface area (Å²) < 4.78 is 17.7. The molecule has 0 aromatic carbocycles. The first-order valence-electron chi connectivity index (χ1n) is 18.6. The fourth-order valence-corrected chi connectivity index (χ4v) is 7.25. The van der Waals surface area contributed by atoms with E-state index in [4.69, 9.17) is 14.2 Å². The molecule has 0 unspecified atom stereocenters. The molecule has 2 N–H and O–H groups in total. The average Bonchev–Trinajstić information content (AvgIpc) is 3.75. The summed E-state index contributed by atoms with van der Waals surface area (Å²) >= 11 is 0. The Morgan fingerprint density at radius 2 is 1.07 bits per heavy atom. The highest BCUT2D eigenvalue weighted by Crippen LogP contribution is 2.34. The van der Waals surface area contributed by atoms with Gasteiger partial charge < -0.3 is 24.4 Å². The van der Waals surface area contributed by atoms with Gasteiger partial charge in [-0.05, 0) is 64.4 Å². The number of ether oxygens (including phenoxy) is 3. The zero-order chi connectivity index (χ0) is 30.7. The van der Waals surface area contributed by atoms with Gasteiger partial charge >= 0.3 is 5.97 Å². The van der Waals surface area contributed by atoms with Crippen molar-refractivity contribution >= 4 is 5.97 Å². The summed E-state index contributed by atoms with van der Waals surface area (Å²) in [5.74, 6) is -0.139. The van der Waals surface area contributed by atoms with Crippen molar-refractivity contribution in [1.82, 2.24) is 0 Å². The standard InChI is InChI=1S/C37H66O6/c1-3-4-5-6-7-8-9-10-11-12-16-19-22-31(38)33-24-26-35(42-33)36-27-25-34(43-36)32(39)23-20-17-14-13-15-18-21-30-28-29(2)41-37(30)40/h28-29,31-36,38-39H,3-27H2,1-2H3/t29-,31-,32+,33+,34+,35+,36+/m0/s1. The van der Waals surface area contributed by atoms with Crippen LogP contribution < -0.4 is 0 Å². The first kappa shape index (κ1) is 36.5. The van der Waals surface area contributed by atoms with Crippen LogP contribution in [0.4, 0.5) is 0 Å². The quantitative estimate of drug-likeness (QED) is 0.0797. The fourth-order valence-electron chi connectivity index (χ4n) is 7.25. The summed E-state index contributed by atoms with van der Waals surface area (Å²) in [5, 5.41) is 21.5. The SMILES string of the molecule is CCCCCCCCCCCCCC[C@H](O)[C@H]1CC[C@H]([C@H]2CC[C@H]([C@H](O)CCCCCCCCC3=C[C@H](C)OC3=O)O2)O1. The molecule has 2 fully saturated rings. The number of aliphatic hydroxyl groups is 2. The van der Waals surface area contributed by atoms with Crippen LogP contribution in [0, 0.1) is 0 Å². The van der Waals surface area contributed by atoms with Gasteiger partial charge in [0.05, 0.1) is 36.6 Å². The number of unbranched alkanes of at least 4 members (excludes halogenated alkanes) is 16. The van der Waals surface area contributed by atoms with E-state index in [0.29, 0.717) is 0 Å². The van der Waals surface area contributed by atoms with Crippen LogP contribution in [0.5, 0.6) is 0 Å². The normalized spacial score (nSPS) is 27.0. The van der Waals surface area contributed by atoms with Crippen LogP contribution in [-0.4, -0.2) is 58.9 Å². The third kappa shape index (κ3) is 14.3. The molecule has 6 heteroatoms. The molecule has 3 aliphatic rings. The lowest BCUT2D eigenvalue weighted by molar-refractivity contribution is -0.139. The molecule has 0 bridgehead atoms. The topological polar surface area (TPSA) is 85.2 Å². The van der Waals surface area contributed by atoms with Gasteiger partial charge in [-0.3, -0.25) is 0 Å². The van der Waals surface area contributed by atoms with Crippen LogP contribution in [0.3, 0.4) is 0 Å². The molecule has 0 spiro atoms. The third-order valence-electron chi connectivity index (χ3n) is 9.98. The lowest BCUT2D eigenvalue weighted by Gasteiger charge is -2.24. The number of carbonyl (C=O) groups excluding carboxylic acids is 1. The van der Waals surface area contributed by atoms with Crippen molar-refractivity contribution in [3.63, 3.8) is 0 Å². The lowest BCUT2D eigenvalue weighted by Crippen LogP contribution is -2.33. The monoisotopic (exact) mass is 606 g/mol. The van der Waals surface area contributed by atoms with Crippen LogP contribution in [0.2, 0.25) is 0 Å². The van der Waals surface area contributed by atoms with Crippen molar-refractivity contribution in [1.29, 1.82) is 0 Å². The average molecular weight is 607 g/mol. The smallest absolute Gasteiger partial charge is 0.334 e. The van der Waals surface area contributed by atoms with E-state index in [2.05, 4.69) is 6.92 Å². The van der Waals surface area contributed by atoms with Crippen LogP contribution >= 0.6 is 0 Å². The minimum Gasteiger partial charge on any atom is -0.455 e. The fraction of sp³-hybridized carbons (Fsp3) is 0.919. The molecular weight excluding hydrogens is 540 g/mol. The van der Waals surface area contributed by atoms with Crippen LogP contribution in [0.25, 0.3) is 0 Å². The van der Waals surface area contributed by atoms with Crippen molar-refractivity contribution in [3.8, 4) is 0 Å². The largest absolute Gasteiger partial charge is 0.455 e. The number of carbonyl (C=O) groups is 1. The number of esters is 1. The summed E-state index contributed by atoms with van der Waals surface area (Å²) in [4.78, 5) is 11.7. The summed E-state index contributed by atoms with van der Waals surface area (Å²) in [7, 11) is 0. The molecule has 43 heavy (non-hydrogen) atoms. The second-order valence-electron chi connectivity index (χ2n) is 13.9. The van der Waals surface area contributed by atoms with Crippen LogP contribution in [0.15, 0.2) is 11.6 Å². The molecule has 3 heterocycles. The van der Waals surface area contributed by atoms with E-state index in [1.54, 1.807) is 0 Å². The van der Waals surface area contributed by atoms with E-state index in [0.717, 1.165) is 82.6 Å². The minimum absolute atomic E-state index is 0.0544. The van der Waals surface area contributed by atoms with Gasteiger partial charge in [-0.2, -0.15) is 0 Å². The summed E-state index contributed by atoms with van der Waals surface area (Å²) in [6.07, 6.45) is 29.9. The van der Waals surface area contributed by atoms with Crippen molar-refractivity contribution in [2.45, 2.75) is 217 Å². The Balaban J connectivity index is 1.14. The maximum absolute atomic E-state index is 11.7. The van der Waals surface area contributed by atoms with Crippen LogP contribution in [-0.2, 0) is 19.0 Å². The molecule has 6 nitrogen and oxygen atoms in total. The third-order valence-corrected chi connectivity index (χ3v) is 9.98. The van der Waals surface area contributed by atoms with Crippen molar-refractivity contribution in [2.75, 3.05) is 0 Å². The van der Waals surface area contributed by atoms with Gasteiger partial charge in [-0.25, -0.2) is 4.79 Å². The first-order chi connectivity index (χ1) is 21.0. The Hall–Kier alpha value is -0.950. The molecule has 0 aliphatic carbocycles. The Morgan fingerprint density at radius 1 is 0.651 bits per heavy atom. The molecule has 3 rings (SSSR count). The molecule has 250 valence electrons. The molecule has 0 saturated carbocycles. The number of cyclic esters (lactones) is 1. The number of aliphatic hydroxyl groups excluding tert-OH is 2. The lowest BCUT2D eigenvalue weighted by atomic mass is 10.00. The minimum atomic E-state index is -0.402. The maximum atomic E-state index is 11.7. The van der Waals surface area contributed by atoms with Crippen molar-refractivity contribution in [3.05, 3.63) is 11.6 Å². The Labute approximate surface area is 263 Å². The number of rotatable bonds is 25. The highest BCUT2D eigenvalue weighted by atomic mass is 16.6. The molecule has 7 atom stereocenters. The highest BCUT2D eigenvalue weighted by Gasteiger charge is 2.40. The molecular formula is C37H66O6. The zero-order valence-corrected chi connectivity index (χ0v) is 27.8. The maximum Gasteiger partial charge on any atom is 0.334 e. The second-order valence-corrected chi connectivity index (χ2v) is 13.9. The van der Waals surface area contributed by atoms with Gasteiger partial charge in [0.25, 0.3) is 0 Å². The number of hydrogen-bond acceptors (Lipinski definition) is 6. The predicted octanol–water partition coefficient (Wildman–Crippen LogP) is 8.89. The molecule has 3 aliphatic heterocycles. The second kappa shape index (κ2) is 21.7. The van der Waals surface area contributed by atoms with Gasteiger partial charge in [0, 0.05) is 5.57 Å². The first-order valence-corrected chi connectivity index (χ1v) is 18.6. The van der Waals surface area contributed by atoms with E-state index in [1.807, 2.05) is 13.0 Å². The van der Waals surface area contributed by atoms with Crippen molar-refractivity contribution < 1.29 is 29.2 Å². The Bertz CT molecular complexity index is 768. The van der Waals surface area contributed by atoms with Crippen molar-refractivity contribution in [2.24, 2.45) is 0 Å². The van der Waals surface area contributed by atoms with E-state index in [-0.39, 0.29) is 42.6 Å². The molecule has 0 aromatic heterocycles. The van der Waals surface area contributed by atoms with Gasteiger partial charge in [0.1, 0.15) is 6.10 Å². The van der Waals surface area contributed by atoms with Gasteiger partial charge in [0.2, 0.25) is 0 Å². The highest BCUT2D eigenvalue weighted by molar-refractivity contribution is 5.90. The molecule has 2 saturated heterocycles. The predicted molar refractivity (Wildman–Crippen MR) is 174 cm³/mol. The summed E-state index contributed by atoms with van der Waals surface area (Å²) in [5.41, 5.74) is 0.843. The van der Waals surface area contributed by atoms with Crippen LogP contribution in [0.1, 0.15) is 174 Å². The zero-order valence-electron chi connectivity index (χ0n) is 27.8. The number of hydrogen-bond donors (Lipinski definition) is 2. The summed E-state index contributed by atoms with van der Waals surface area (Å²) in [6, 6.07) is 0. The molecule has 0 radical (unpaired) electrons. The van der Waals surface area contributed by atoms with E-state index < -0.39 is 6.10 Å². The van der Waals surface area contributed by atoms with Gasteiger partial charge in [0.15, 0.2) is 0 Å².